The summed E-state index contributed by atoms with van der Waals surface area (Å²) in [5.41, 5.74) is 0.791. The Labute approximate surface area is 118 Å². The lowest BCUT2D eigenvalue weighted by Crippen LogP contribution is -2.24. The Kier molecular flexibility index (Phi) is 3.97. The second-order valence-corrected chi connectivity index (χ2v) is 5.79. The second kappa shape index (κ2) is 5.10. The fourth-order valence-corrected chi connectivity index (χ4v) is 2.98. The molecule has 1 saturated heterocycles. The summed E-state index contributed by atoms with van der Waals surface area (Å²) < 4.78 is 1.06. The maximum Gasteiger partial charge on any atom is 0.227 e. The molecule has 1 atom stereocenters. The van der Waals surface area contributed by atoms with E-state index >= 15 is 0 Å². The van der Waals surface area contributed by atoms with Crippen LogP contribution in [0.4, 0.5) is 5.69 Å². The molecule has 1 fully saturated rings. The van der Waals surface area contributed by atoms with Gasteiger partial charge in [-0.15, -0.1) is 11.6 Å². The van der Waals surface area contributed by atoms with E-state index in [2.05, 4.69) is 22.6 Å². The van der Waals surface area contributed by atoms with E-state index in [1.54, 1.807) is 4.90 Å². The van der Waals surface area contributed by atoms with E-state index in [9.17, 15) is 4.79 Å². The molecular weight excluding hydrogens is 360 g/mol. The monoisotopic (exact) mass is 369 g/mol. The van der Waals surface area contributed by atoms with Crippen LogP contribution in [-0.4, -0.2) is 18.3 Å². The maximum atomic E-state index is 11.8. The normalized spacial score (nSPS) is 20.6. The van der Waals surface area contributed by atoms with Gasteiger partial charge in [-0.2, -0.15) is 0 Å². The van der Waals surface area contributed by atoms with Gasteiger partial charge in [-0.1, -0.05) is 11.6 Å². The molecule has 0 aliphatic carbocycles. The topological polar surface area (TPSA) is 20.3 Å². The third-order valence-corrected chi connectivity index (χ3v) is 4.03. The summed E-state index contributed by atoms with van der Waals surface area (Å²) in [6, 6.07) is 5.69. The number of hydrogen-bond donors (Lipinski definition) is 0. The van der Waals surface area contributed by atoms with Crippen LogP contribution in [0.5, 0.6) is 0 Å². The Morgan fingerprint density at radius 3 is 2.81 bits per heavy atom. The molecule has 0 N–H and O–H groups in total. The fourth-order valence-electron chi connectivity index (χ4n) is 1.82. The molecule has 1 heterocycles. The van der Waals surface area contributed by atoms with Crippen LogP contribution in [-0.2, 0) is 4.79 Å². The van der Waals surface area contributed by atoms with Crippen molar-refractivity contribution in [3.63, 3.8) is 0 Å². The van der Waals surface area contributed by atoms with Crippen molar-refractivity contribution in [1.29, 1.82) is 0 Å². The second-order valence-electron chi connectivity index (χ2n) is 3.82. The molecule has 16 heavy (non-hydrogen) atoms. The van der Waals surface area contributed by atoms with E-state index in [-0.39, 0.29) is 11.8 Å². The highest BCUT2D eigenvalue weighted by Gasteiger charge is 2.30. The van der Waals surface area contributed by atoms with E-state index in [4.69, 9.17) is 23.2 Å². The first kappa shape index (κ1) is 12.5. The summed E-state index contributed by atoms with van der Waals surface area (Å²) in [5.74, 6) is 0.864. The quantitative estimate of drug-likeness (QED) is 0.576. The minimum absolute atomic E-state index is 0.105. The average molecular weight is 370 g/mol. The van der Waals surface area contributed by atoms with Crippen LogP contribution < -0.4 is 4.90 Å². The third kappa shape index (κ3) is 2.46. The fraction of sp³-hybridized carbons (Fsp3) is 0.364. The van der Waals surface area contributed by atoms with E-state index in [1.807, 2.05) is 18.2 Å². The lowest BCUT2D eigenvalue weighted by Gasteiger charge is -2.18. The molecule has 0 aromatic heterocycles. The highest BCUT2D eigenvalue weighted by atomic mass is 127. The van der Waals surface area contributed by atoms with Crippen molar-refractivity contribution in [2.24, 2.45) is 5.92 Å². The van der Waals surface area contributed by atoms with Crippen molar-refractivity contribution in [2.45, 2.75) is 6.42 Å². The Balaban J connectivity index is 2.28. The van der Waals surface area contributed by atoms with Crippen molar-refractivity contribution in [3.8, 4) is 0 Å². The summed E-state index contributed by atoms with van der Waals surface area (Å²) in [7, 11) is 0. The van der Waals surface area contributed by atoms with Crippen LogP contribution in [0.2, 0.25) is 5.02 Å². The molecule has 86 valence electrons. The number of alkyl halides is 1. The molecule has 0 saturated carbocycles. The van der Waals surface area contributed by atoms with Gasteiger partial charge in [0.2, 0.25) is 5.91 Å². The van der Waals surface area contributed by atoms with Gasteiger partial charge in [0, 0.05) is 22.4 Å². The maximum absolute atomic E-state index is 11.8. The van der Waals surface area contributed by atoms with E-state index in [1.165, 1.54) is 0 Å². The van der Waals surface area contributed by atoms with Crippen LogP contribution in [0.1, 0.15) is 6.42 Å². The minimum Gasteiger partial charge on any atom is -0.311 e. The van der Waals surface area contributed by atoms with E-state index in [0.29, 0.717) is 23.9 Å². The lowest BCUT2D eigenvalue weighted by atomic mass is 10.1. The van der Waals surface area contributed by atoms with Gasteiger partial charge in [0.15, 0.2) is 0 Å². The number of halogens is 3. The number of hydrogen-bond acceptors (Lipinski definition) is 1. The van der Waals surface area contributed by atoms with Crippen LogP contribution in [0.25, 0.3) is 0 Å². The molecule has 1 amide bonds. The standard InChI is InChI=1S/C11H10Cl2INO/c12-5-7-3-11(16)15(6-7)10-2-1-8(14)4-9(10)13/h1-2,4,7H,3,5-6H2. The zero-order valence-corrected chi connectivity index (χ0v) is 12.1. The highest BCUT2D eigenvalue weighted by Crippen LogP contribution is 2.32. The Morgan fingerprint density at radius 1 is 1.50 bits per heavy atom. The zero-order valence-electron chi connectivity index (χ0n) is 8.42. The molecule has 2 nitrogen and oxygen atoms in total. The smallest absolute Gasteiger partial charge is 0.227 e. The van der Waals surface area contributed by atoms with Crippen LogP contribution in [0, 0.1) is 9.49 Å². The summed E-state index contributed by atoms with van der Waals surface area (Å²) in [5, 5.41) is 0.621. The number of carbonyl (C=O) groups excluding carboxylic acids is 1. The van der Waals surface area contributed by atoms with Crippen molar-refractivity contribution in [2.75, 3.05) is 17.3 Å². The van der Waals surface area contributed by atoms with Crippen LogP contribution in [0.3, 0.4) is 0 Å². The first-order valence-electron chi connectivity index (χ1n) is 4.93. The molecule has 1 aliphatic rings. The minimum atomic E-state index is 0.105. The van der Waals surface area contributed by atoms with Crippen LogP contribution >= 0.6 is 45.8 Å². The number of amides is 1. The number of benzene rings is 1. The van der Waals surface area contributed by atoms with Crippen molar-refractivity contribution in [3.05, 3.63) is 26.8 Å². The molecule has 0 radical (unpaired) electrons. The summed E-state index contributed by atoms with van der Waals surface area (Å²) in [6.45, 7) is 0.669. The third-order valence-electron chi connectivity index (χ3n) is 2.62. The van der Waals surface area contributed by atoms with Crippen molar-refractivity contribution < 1.29 is 4.79 Å². The van der Waals surface area contributed by atoms with Crippen molar-refractivity contribution in [1.82, 2.24) is 0 Å². The number of anilines is 1. The lowest BCUT2D eigenvalue weighted by molar-refractivity contribution is -0.117. The Hall–Kier alpha value is -0.0000000000000000555. The van der Waals surface area contributed by atoms with E-state index in [0.717, 1.165) is 9.26 Å². The summed E-state index contributed by atoms with van der Waals surface area (Å²) >= 11 is 14.1. The van der Waals surface area contributed by atoms with Gasteiger partial charge in [0.25, 0.3) is 0 Å². The molecule has 5 heteroatoms. The largest absolute Gasteiger partial charge is 0.311 e. The molecule has 1 aromatic carbocycles. The molecular formula is C11H10Cl2INO. The number of nitrogens with zero attached hydrogens (tertiary/aromatic N) is 1. The zero-order chi connectivity index (χ0) is 11.7. The predicted molar refractivity (Wildman–Crippen MR) is 75.3 cm³/mol. The SMILES string of the molecule is O=C1CC(CCl)CN1c1ccc(I)cc1Cl. The van der Waals surface area contributed by atoms with Gasteiger partial charge in [-0.3, -0.25) is 4.79 Å². The molecule has 1 aliphatic heterocycles. The molecule has 0 spiro atoms. The van der Waals surface area contributed by atoms with Gasteiger partial charge in [-0.05, 0) is 46.7 Å². The van der Waals surface area contributed by atoms with E-state index < -0.39 is 0 Å². The highest BCUT2D eigenvalue weighted by molar-refractivity contribution is 14.1. The Bertz CT molecular complexity index is 424. The van der Waals surface area contributed by atoms with Crippen LogP contribution in [0.15, 0.2) is 18.2 Å². The van der Waals surface area contributed by atoms with Gasteiger partial charge in [0.05, 0.1) is 10.7 Å². The molecule has 1 unspecified atom stereocenters. The van der Waals surface area contributed by atoms with Crippen molar-refractivity contribution >= 4 is 57.4 Å². The summed E-state index contributed by atoms with van der Waals surface area (Å²) in [6.07, 6.45) is 0.520. The molecule has 2 rings (SSSR count). The first-order valence-corrected chi connectivity index (χ1v) is 6.92. The van der Waals surface area contributed by atoms with Gasteiger partial charge < -0.3 is 4.90 Å². The Morgan fingerprint density at radius 2 is 2.25 bits per heavy atom. The predicted octanol–water partition coefficient (Wildman–Crippen LogP) is 3.54. The van der Waals surface area contributed by atoms with Gasteiger partial charge >= 0.3 is 0 Å². The number of carbonyl (C=O) groups is 1. The first-order chi connectivity index (χ1) is 7.61. The van der Waals surface area contributed by atoms with Gasteiger partial charge in [-0.25, -0.2) is 0 Å². The average Bonchev–Trinajstić information content (AvgIpc) is 2.60. The molecule has 1 aromatic rings. The molecule has 0 bridgehead atoms. The number of rotatable bonds is 2. The summed E-state index contributed by atoms with van der Waals surface area (Å²) in [4.78, 5) is 13.5. The van der Waals surface area contributed by atoms with Gasteiger partial charge in [0.1, 0.15) is 0 Å².